The lowest BCUT2D eigenvalue weighted by Crippen LogP contribution is -2.00. The number of pyridine rings is 1. The van der Waals surface area contributed by atoms with Crippen LogP contribution in [0.15, 0.2) is 18.3 Å². The molecule has 4 nitrogen and oxygen atoms in total. The Bertz CT molecular complexity index is 404. The van der Waals surface area contributed by atoms with E-state index in [4.69, 9.17) is 5.73 Å². The molecule has 4 heteroatoms. The quantitative estimate of drug-likeness (QED) is 0.681. The molecule has 0 aliphatic heterocycles. The zero-order valence-corrected chi connectivity index (χ0v) is 6.86. The minimum Gasteiger partial charge on any atom is -0.369 e. The Labute approximate surface area is 70.0 Å². The lowest BCUT2D eigenvalue weighted by Gasteiger charge is -1.99. The number of aromatic nitrogens is 3. The van der Waals surface area contributed by atoms with Crippen LogP contribution in [-0.2, 0) is 6.54 Å². The highest BCUT2D eigenvalue weighted by Gasteiger charge is 2.04. The molecule has 2 heterocycles. The fourth-order valence-electron chi connectivity index (χ4n) is 1.31. The molecule has 62 valence electrons. The molecule has 0 amide bonds. The smallest absolute Gasteiger partial charge is 0.202 e. The first-order valence-corrected chi connectivity index (χ1v) is 3.89. The van der Waals surface area contributed by atoms with Crippen LogP contribution < -0.4 is 5.73 Å². The Kier molecular flexibility index (Phi) is 1.46. The van der Waals surface area contributed by atoms with E-state index in [2.05, 4.69) is 9.97 Å². The molecule has 0 bridgehead atoms. The zero-order valence-electron chi connectivity index (χ0n) is 6.86. The van der Waals surface area contributed by atoms with E-state index in [0.717, 1.165) is 17.7 Å². The van der Waals surface area contributed by atoms with Gasteiger partial charge in [0, 0.05) is 12.7 Å². The normalized spacial score (nSPS) is 10.8. The summed E-state index contributed by atoms with van der Waals surface area (Å²) in [7, 11) is 0. The van der Waals surface area contributed by atoms with Gasteiger partial charge in [0.15, 0.2) is 5.65 Å². The highest BCUT2D eigenvalue weighted by molar-refractivity contribution is 5.73. The molecular formula is C8H10N4. The van der Waals surface area contributed by atoms with Gasteiger partial charge >= 0.3 is 0 Å². The summed E-state index contributed by atoms with van der Waals surface area (Å²) in [6, 6.07) is 3.85. The molecule has 0 radical (unpaired) electrons. The van der Waals surface area contributed by atoms with Crippen molar-refractivity contribution in [2.75, 3.05) is 5.73 Å². The van der Waals surface area contributed by atoms with E-state index in [0.29, 0.717) is 5.95 Å². The predicted molar refractivity (Wildman–Crippen MR) is 47.6 cm³/mol. The second kappa shape index (κ2) is 2.48. The number of nitrogens with zero attached hydrogens (tertiary/aromatic N) is 3. The Morgan fingerprint density at radius 1 is 1.58 bits per heavy atom. The van der Waals surface area contributed by atoms with Gasteiger partial charge in [-0.1, -0.05) is 0 Å². The maximum absolute atomic E-state index is 5.68. The first-order chi connectivity index (χ1) is 5.83. The second-order valence-corrected chi connectivity index (χ2v) is 2.56. The van der Waals surface area contributed by atoms with E-state index < -0.39 is 0 Å². The molecule has 0 fully saturated rings. The number of nitrogens with two attached hydrogens (primary N) is 1. The van der Waals surface area contributed by atoms with Crippen molar-refractivity contribution in [2.45, 2.75) is 13.5 Å². The van der Waals surface area contributed by atoms with Crippen molar-refractivity contribution in [3.05, 3.63) is 18.3 Å². The highest BCUT2D eigenvalue weighted by atomic mass is 15.2. The molecule has 0 saturated heterocycles. The largest absolute Gasteiger partial charge is 0.369 e. The van der Waals surface area contributed by atoms with Gasteiger partial charge < -0.3 is 10.3 Å². The van der Waals surface area contributed by atoms with Crippen LogP contribution in [0, 0.1) is 0 Å². The number of nitrogen functional groups attached to an aromatic ring is 1. The predicted octanol–water partition coefficient (Wildman–Crippen LogP) is 1.03. The van der Waals surface area contributed by atoms with E-state index in [9.17, 15) is 0 Å². The summed E-state index contributed by atoms with van der Waals surface area (Å²) in [6.45, 7) is 2.86. The van der Waals surface area contributed by atoms with Gasteiger partial charge in [0.2, 0.25) is 5.95 Å². The van der Waals surface area contributed by atoms with Gasteiger partial charge in [0.25, 0.3) is 0 Å². The average Bonchev–Trinajstić information content (AvgIpc) is 2.40. The molecule has 0 aliphatic rings. The number of imidazole rings is 1. The molecular weight excluding hydrogens is 152 g/mol. The Morgan fingerprint density at radius 2 is 2.42 bits per heavy atom. The summed E-state index contributed by atoms with van der Waals surface area (Å²) in [6.07, 6.45) is 1.72. The van der Waals surface area contributed by atoms with E-state index in [1.54, 1.807) is 6.20 Å². The third-order valence-corrected chi connectivity index (χ3v) is 1.87. The number of fused-ring (bicyclic) bond motifs is 1. The molecule has 0 unspecified atom stereocenters. The molecule has 0 atom stereocenters. The topological polar surface area (TPSA) is 56.7 Å². The lowest BCUT2D eigenvalue weighted by atomic mass is 10.4. The van der Waals surface area contributed by atoms with E-state index in [-0.39, 0.29) is 0 Å². The maximum Gasteiger partial charge on any atom is 0.202 e. The van der Waals surface area contributed by atoms with Crippen molar-refractivity contribution in [1.82, 2.24) is 14.5 Å². The van der Waals surface area contributed by atoms with E-state index >= 15 is 0 Å². The summed E-state index contributed by atoms with van der Waals surface area (Å²) in [5.41, 5.74) is 7.39. The number of anilines is 1. The number of hydrogen-bond acceptors (Lipinski definition) is 3. The minimum atomic E-state index is 0.534. The Balaban J connectivity index is 2.81. The van der Waals surface area contributed by atoms with Crippen molar-refractivity contribution in [3.63, 3.8) is 0 Å². The minimum absolute atomic E-state index is 0.534. The molecule has 2 aromatic heterocycles. The summed E-state index contributed by atoms with van der Waals surface area (Å²) in [5, 5.41) is 0. The van der Waals surface area contributed by atoms with Gasteiger partial charge in [-0.15, -0.1) is 0 Å². The standard InChI is InChI=1S/C8H10N4/c1-2-12-6-4-3-5-10-7(6)11-8(12)9/h3-5H,2H2,1H3,(H2,9,10,11). The van der Waals surface area contributed by atoms with Crippen LogP contribution in [0.5, 0.6) is 0 Å². The van der Waals surface area contributed by atoms with Crippen LogP contribution >= 0.6 is 0 Å². The molecule has 0 aromatic carbocycles. The van der Waals surface area contributed by atoms with Gasteiger partial charge in [-0.3, -0.25) is 0 Å². The summed E-state index contributed by atoms with van der Waals surface area (Å²) in [4.78, 5) is 8.21. The van der Waals surface area contributed by atoms with Crippen LogP contribution in [0.2, 0.25) is 0 Å². The average molecular weight is 162 g/mol. The first-order valence-electron chi connectivity index (χ1n) is 3.89. The molecule has 12 heavy (non-hydrogen) atoms. The molecule has 0 spiro atoms. The van der Waals surface area contributed by atoms with Crippen LogP contribution in [0.3, 0.4) is 0 Å². The maximum atomic E-state index is 5.68. The highest BCUT2D eigenvalue weighted by Crippen LogP contribution is 2.14. The zero-order chi connectivity index (χ0) is 8.55. The fourth-order valence-corrected chi connectivity index (χ4v) is 1.31. The monoisotopic (exact) mass is 162 g/mol. The number of rotatable bonds is 1. The van der Waals surface area contributed by atoms with Gasteiger partial charge in [-0.25, -0.2) is 4.98 Å². The summed E-state index contributed by atoms with van der Waals surface area (Å²) in [5.74, 6) is 0.534. The van der Waals surface area contributed by atoms with Crippen molar-refractivity contribution in [2.24, 2.45) is 0 Å². The van der Waals surface area contributed by atoms with E-state index in [1.807, 2.05) is 23.6 Å². The second-order valence-electron chi connectivity index (χ2n) is 2.56. The van der Waals surface area contributed by atoms with Crippen molar-refractivity contribution in [1.29, 1.82) is 0 Å². The number of hydrogen-bond donors (Lipinski definition) is 1. The van der Waals surface area contributed by atoms with E-state index in [1.165, 1.54) is 0 Å². The molecule has 2 rings (SSSR count). The van der Waals surface area contributed by atoms with Gasteiger partial charge in [-0.05, 0) is 19.1 Å². The third kappa shape index (κ3) is 0.845. The Hall–Kier alpha value is -1.58. The SMILES string of the molecule is CCn1c(N)nc2ncccc21. The Morgan fingerprint density at radius 3 is 3.17 bits per heavy atom. The van der Waals surface area contributed by atoms with Crippen LogP contribution in [0.4, 0.5) is 5.95 Å². The third-order valence-electron chi connectivity index (χ3n) is 1.87. The fraction of sp³-hybridized carbons (Fsp3) is 0.250. The van der Waals surface area contributed by atoms with Crippen LogP contribution in [0.1, 0.15) is 6.92 Å². The van der Waals surface area contributed by atoms with Crippen molar-refractivity contribution in [3.8, 4) is 0 Å². The molecule has 2 N–H and O–H groups in total. The molecule has 2 aromatic rings. The summed E-state index contributed by atoms with van der Waals surface area (Å²) < 4.78 is 1.93. The van der Waals surface area contributed by atoms with Gasteiger partial charge in [-0.2, -0.15) is 4.98 Å². The molecule has 0 saturated carbocycles. The van der Waals surface area contributed by atoms with Gasteiger partial charge in [0.1, 0.15) is 0 Å². The molecule has 0 aliphatic carbocycles. The van der Waals surface area contributed by atoms with Crippen LogP contribution in [0.25, 0.3) is 11.2 Å². The lowest BCUT2D eigenvalue weighted by molar-refractivity contribution is 0.800. The first kappa shape index (κ1) is 7.09. The summed E-state index contributed by atoms with van der Waals surface area (Å²) >= 11 is 0. The van der Waals surface area contributed by atoms with Crippen molar-refractivity contribution >= 4 is 17.1 Å². The van der Waals surface area contributed by atoms with Crippen molar-refractivity contribution < 1.29 is 0 Å². The number of aryl methyl sites for hydroxylation is 1. The van der Waals surface area contributed by atoms with Crippen LogP contribution in [-0.4, -0.2) is 14.5 Å². The van der Waals surface area contributed by atoms with Gasteiger partial charge in [0.05, 0.1) is 5.52 Å².